The molecule has 6 nitrogen and oxygen atoms in total. The predicted molar refractivity (Wildman–Crippen MR) is 83.5 cm³/mol. The molecule has 0 spiro atoms. The average molecular weight is 344 g/mol. The Hall–Kier alpha value is -1.48. The average Bonchev–Trinajstić information content (AvgIpc) is 2.38. The van der Waals surface area contributed by atoms with Crippen LogP contribution < -0.4 is 0 Å². The summed E-state index contributed by atoms with van der Waals surface area (Å²) in [5, 5.41) is 0. The lowest BCUT2D eigenvalue weighted by molar-refractivity contribution is 0.456. The van der Waals surface area contributed by atoms with Gasteiger partial charge < -0.3 is 0 Å². The molecule has 0 aromatic rings. The largest absolute Gasteiger partial charge is 0.285 e. The topological polar surface area (TPSA) is 109 Å². The molecule has 0 amide bonds. The zero-order valence-corrected chi connectivity index (χ0v) is 13.6. The molecular formula is C14H16O6S2. The first-order valence-corrected chi connectivity index (χ1v) is 9.22. The molecule has 0 aliphatic heterocycles. The van der Waals surface area contributed by atoms with E-state index in [0.29, 0.717) is 0 Å². The van der Waals surface area contributed by atoms with E-state index >= 15 is 0 Å². The molecule has 22 heavy (non-hydrogen) atoms. The van der Waals surface area contributed by atoms with Crippen LogP contribution in [0.15, 0.2) is 59.8 Å². The van der Waals surface area contributed by atoms with Gasteiger partial charge in [-0.05, 0) is 25.0 Å². The lowest BCUT2D eigenvalue weighted by Gasteiger charge is -2.34. The minimum Gasteiger partial charge on any atom is -0.285 e. The van der Waals surface area contributed by atoms with Crippen molar-refractivity contribution in [3.05, 3.63) is 59.8 Å². The van der Waals surface area contributed by atoms with Crippen LogP contribution in [0.3, 0.4) is 0 Å². The smallest absolute Gasteiger partial charge is 0.278 e. The molecule has 0 saturated heterocycles. The number of hydrogen-bond donors (Lipinski definition) is 2. The first-order valence-electron chi connectivity index (χ1n) is 6.34. The minimum atomic E-state index is -4.55. The van der Waals surface area contributed by atoms with E-state index in [1.165, 1.54) is 62.5 Å². The second kappa shape index (κ2) is 5.02. The second-order valence-electron chi connectivity index (χ2n) is 5.43. The van der Waals surface area contributed by atoms with Gasteiger partial charge in [-0.2, -0.15) is 16.8 Å². The van der Waals surface area contributed by atoms with Crippen LogP contribution in [0.4, 0.5) is 0 Å². The van der Waals surface area contributed by atoms with E-state index in [0.717, 1.165) is 0 Å². The summed E-state index contributed by atoms with van der Waals surface area (Å²) >= 11 is 0. The van der Waals surface area contributed by atoms with Crippen molar-refractivity contribution in [1.29, 1.82) is 0 Å². The van der Waals surface area contributed by atoms with E-state index in [4.69, 9.17) is 0 Å². The van der Waals surface area contributed by atoms with Crippen molar-refractivity contribution in [2.24, 2.45) is 0 Å². The third-order valence-corrected chi connectivity index (χ3v) is 6.86. The van der Waals surface area contributed by atoms with Gasteiger partial charge in [0.25, 0.3) is 20.2 Å². The van der Waals surface area contributed by atoms with Crippen molar-refractivity contribution in [2.75, 3.05) is 0 Å². The maximum absolute atomic E-state index is 11.8. The van der Waals surface area contributed by atoms with Crippen LogP contribution in [0, 0.1) is 0 Å². The van der Waals surface area contributed by atoms with Crippen LogP contribution in [-0.4, -0.2) is 35.4 Å². The summed E-state index contributed by atoms with van der Waals surface area (Å²) in [6, 6.07) is 0. The SMILES string of the molecule is CC1(S(=O)(=O)O)C=CC=CC1=C1C=CC=CC1(C)S(=O)(=O)O. The maximum atomic E-state index is 11.8. The molecule has 2 N–H and O–H groups in total. The fraction of sp³-hybridized carbons (Fsp3) is 0.286. The summed E-state index contributed by atoms with van der Waals surface area (Å²) in [6.45, 7) is 2.53. The monoisotopic (exact) mass is 344 g/mol. The number of rotatable bonds is 2. The van der Waals surface area contributed by atoms with E-state index in [1.54, 1.807) is 0 Å². The van der Waals surface area contributed by atoms with Crippen LogP contribution >= 0.6 is 0 Å². The van der Waals surface area contributed by atoms with Gasteiger partial charge in [-0.15, -0.1) is 0 Å². The van der Waals surface area contributed by atoms with Gasteiger partial charge in [-0.3, -0.25) is 9.11 Å². The molecule has 2 unspecified atom stereocenters. The van der Waals surface area contributed by atoms with Gasteiger partial charge in [0.15, 0.2) is 0 Å². The summed E-state index contributed by atoms with van der Waals surface area (Å²) in [5.74, 6) is 0. The maximum Gasteiger partial charge on any atom is 0.278 e. The first kappa shape index (κ1) is 16.9. The fourth-order valence-electron chi connectivity index (χ4n) is 2.46. The van der Waals surface area contributed by atoms with Crippen molar-refractivity contribution in [3.8, 4) is 0 Å². The van der Waals surface area contributed by atoms with Gasteiger partial charge in [0.2, 0.25) is 0 Å². The lowest BCUT2D eigenvalue weighted by atomic mass is 9.83. The van der Waals surface area contributed by atoms with Gasteiger partial charge >= 0.3 is 0 Å². The van der Waals surface area contributed by atoms with Gasteiger partial charge in [0.05, 0.1) is 0 Å². The molecule has 0 aromatic carbocycles. The highest BCUT2D eigenvalue weighted by atomic mass is 32.2. The number of allylic oxidation sites excluding steroid dienone is 6. The highest BCUT2D eigenvalue weighted by molar-refractivity contribution is 7.88. The Balaban J connectivity index is 2.87. The molecule has 2 aliphatic carbocycles. The zero-order valence-electron chi connectivity index (χ0n) is 12.0. The Kier molecular flexibility index (Phi) is 3.85. The third kappa shape index (κ3) is 2.41. The molecule has 0 saturated carbocycles. The highest BCUT2D eigenvalue weighted by Crippen LogP contribution is 2.41. The molecule has 2 aliphatic rings. The Morgan fingerprint density at radius 2 is 1.05 bits per heavy atom. The summed E-state index contributed by atoms with van der Waals surface area (Å²) in [6.07, 6.45) is 11.3. The van der Waals surface area contributed by atoms with Crippen molar-refractivity contribution >= 4 is 20.2 Å². The summed E-state index contributed by atoms with van der Waals surface area (Å²) in [4.78, 5) is 0. The summed E-state index contributed by atoms with van der Waals surface area (Å²) < 4.78 is 62.8. The van der Waals surface area contributed by atoms with Crippen LogP contribution in [0.1, 0.15) is 13.8 Å². The Morgan fingerprint density at radius 3 is 1.32 bits per heavy atom. The van der Waals surface area contributed by atoms with Gasteiger partial charge in [-0.25, -0.2) is 0 Å². The zero-order chi connectivity index (χ0) is 16.8. The Morgan fingerprint density at radius 1 is 0.727 bits per heavy atom. The normalized spacial score (nSPS) is 35.1. The van der Waals surface area contributed by atoms with Crippen LogP contribution in [0.5, 0.6) is 0 Å². The molecule has 0 bridgehead atoms. The van der Waals surface area contributed by atoms with Crippen molar-refractivity contribution in [2.45, 2.75) is 23.3 Å². The summed E-state index contributed by atoms with van der Waals surface area (Å²) in [7, 11) is -9.10. The van der Waals surface area contributed by atoms with Crippen LogP contribution in [0.25, 0.3) is 0 Å². The van der Waals surface area contributed by atoms with Crippen molar-refractivity contribution in [1.82, 2.24) is 0 Å². The molecule has 0 fully saturated rings. The third-order valence-electron chi connectivity index (χ3n) is 4.01. The van der Waals surface area contributed by atoms with Gasteiger partial charge in [0, 0.05) is 0 Å². The van der Waals surface area contributed by atoms with E-state index in [2.05, 4.69) is 0 Å². The standard InChI is InChI=1S/C14H16O6S2/c1-13(21(15,16)17)9-5-3-7-11(13)12-8-4-6-10-14(12,2)22(18,19)20/h3-10H,1-2H3,(H,15,16,17)(H,18,19,20). The van der Waals surface area contributed by atoms with Crippen LogP contribution in [-0.2, 0) is 20.2 Å². The molecule has 0 heterocycles. The molecular weight excluding hydrogens is 328 g/mol. The van der Waals surface area contributed by atoms with E-state index in [9.17, 15) is 25.9 Å². The highest BCUT2D eigenvalue weighted by Gasteiger charge is 2.47. The molecule has 0 aromatic heterocycles. The van der Waals surface area contributed by atoms with E-state index in [-0.39, 0.29) is 11.1 Å². The lowest BCUT2D eigenvalue weighted by Crippen LogP contribution is -2.42. The Labute approximate surface area is 129 Å². The predicted octanol–water partition coefficient (Wildman–Crippen LogP) is 1.83. The molecule has 0 radical (unpaired) electrons. The Bertz CT molecular complexity index is 783. The second-order valence-corrected chi connectivity index (χ2v) is 9.02. The van der Waals surface area contributed by atoms with Crippen molar-refractivity contribution < 1.29 is 25.9 Å². The van der Waals surface area contributed by atoms with E-state index < -0.39 is 29.7 Å². The first-order chi connectivity index (χ1) is 9.93. The van der Waals surface area contributed by atoms with E-state index in [1.807, 2.05) is 0 Å². The molecule has 2 atom stereocenters. The van der Waals surface area contributed by atoms with Crippen LogP contribution in [0.2, 0.25) is 0 Å². The quantitative estimate of drug-likeness (QED) is 0.740. The number of hydrogen-bond acceptors (Lipinski definition) is 4. The fourth-order valence-corrected chi connectivity index (χ4v) is 3.87. The molecule has 8 heteroatoms. The summed E-state index contributed by atoms with van der Waals surface area (Å²) in [5.41, 5.74) is 0.163. The molecule has 120 valence electrons. The van der Waals surface area contributed by atoms with Gasteiger partial charge in [0.1, 0.15) is 9.49 Å². The van der Waals surface area contributed by atoms with Crippen molar-refractivity contribution in [3.63, 3.8) is 0 Å². The van der Waals surface area contributed by atoms with Gasteiger partial charge in [-0.1, -0.05) is 48.6 Å². The molecule has 2 rings (SSSR count). The minimum absolute atomic E-state index is 0.0817.